The number of benzene rings is 1. The predicted octanol–water partition coefficient (Wildman–Crippen LogP) is 3.71. The van der Waals surface area contributed by atoms with Gasteiger partial charge in [-0.15, -0.1) is 24.0 Å². The minimum atomic E-state index is -0.360. The van der Waals surface area contributed by atoms with Crippen LogP contribution in [0.1, 0.15) is 38.2 Å². The van der Waals surface area contributed by atoms with Gasteiger partial charge >= 0.3 is 0 Å². The minimum Gasteiger partial charge on any atom is -0.494 e. The molecule has 0 aromatic heterocycles. The molecule has 26 heavy (non-hydrogen) atoms. The first-order valence-corrected chi connectivity index (χ1v) is 8.96. The molecule has 2 N–H and O–H groups in total. The largest absolute Gasteiger partial charge is 0.494 e. The third kappa shape index (κ3) is 6.57. The Morgan fingerprint density at radius 3 is 2.58 bits per heavy atom. The highest BCUT2D eigenvalue weighted by atomic mass is 127. The van der Waals surface area contributed by atoms with E-state index < -0.39 is 0 Å². The molecule has 148 valence electrons. The van der Waals surface area contributed by atoms with Gasteiger partial charge in [-0.3, -0.25) is 0 Å². The Balaban J connectivity index is 0.00000338. The highest BCUT2D eigenvalue weighted by molar-refractivity contribution is 14.0. The van der Waals surface area contributed by atoms with Crippen LogP contribution in [0.2, 0.25) is 0 Å². The summed E-state index contributed by atoms with van der Waals surface area (Å²) in [6.45, 7) is 4.92. The van der Waals surface area contributed by atoms with Crippen LogP contribution in [0, 0.1) is 11.2 Å². The number of hydrogen-bond acceptors (Lipinski definition) is 3. The van der Waals surface area contributed by atoms with Crippen molar-refractivity contribution in [2.45, 2.75) is 39.2 Å². The van der Waals surface area contributed by atoms with Gasteiger partial charge in [-0.2, -0.15) is 0 Å². The maximum atomic E-state index is 13.8. The van der Waals surface area contributed by atoms with Gasteiger partial charge in [-0.25, -0.2) is 9.38 Å². The van der Waals surface area contributed by atoms with Gasteiger partial charge in [0.1, 0.15) is 0 Å². The van der Waals surface area contributed by atoms with E-state index in [1.54, 1.807) is 13.2 Å². The van der Waals surface area contributed by atoms with E-state index in [0.29, 0.717) is 12.0 Å². The number of hydrogen-bond donors (Lipinski definition) is 2. The summed E-state index contributed by atoms with van der Waals surface area (Å²) in [7, 11) is 3.21. The average Bonchev–Trinajstić information content (AvgIpc) is 2.58. The first-order chi connectivity index (χ1) is 12.1. The van der Waals surface area contributed by atoms with Gasteiger partial charge in [-0.1, -0.05) is 12.5 Å². The van der Waals surface area contributed by atoms with Gasteiger partial charge < -0.3 is 20.1 Å². The second-order valence-corrected chi connectivity index (χ2v) is 6.61. The summed E-state index contributed by atoms with van der Waals surface area (Å²) in [5.41, 5.74) is 1.13. The monoisotopic (exact) mass is 479 g/mol. The van der Waals surface area contributed by atoms with Crippen molar-refractivity contribution in [2.75, 3.05) is 33.9 Å². The van der Waals surface area contributed by atoms with Gasteiger partial charge in [-0.05, 0) is 49.3 Å². The maximum absolute atomic E-state index is 13.8. The van der Waals surface area contributed by atoms with E-state index in [2.05, 4.69) is 15.6 Å². The second kappa shape index (κ2) is 11.6. The first kappa shape index (κ1) is 23.0. The van der Waals surface area contributed by atoms with Crippen molar-refractivity contribution in [1.82, 2.24) is 10.6 Å². The zero-order valence-corrected chi connectivity index (χ0v) is 18.3. The van der Waals surface area contributed by atoms with E-state index in [-0.39, 0.29) is 35.5 Å². The normalized spacial score (nSPS) is 15.6. The summed E-state index contributed by atoms with van der Waals surface area (Å²) < 4.78 is 24.0. The molecule has 1 aromatic carbocycles. The topological polar surface area (TPSA) is 54.9 Å². The van der Waals surface area contributed by atoms with Crippen molar-refractivity contribution in [3.8, 4) is 5.75 Å². The molecule has 1 aliphatic carbocycles. The van der Waals surface area contributed by atoms with Gasteiger partial charge in [0.2, 0.25) is 0 Å². The van der Waals surface area contributed by atoms with E-state index >= 15 is 0 Å². The lowest BCUT2D eigenvalue weighted by atomic mass is 9.67. The third-order valence-corrected chi connectivity index (χ3v) is 4.86. The molecule has 7 heteroatoms. The molecule has 0 heterocycles. The Morgan fingerprint density at radius 1 is 1.27 bits per heavy atom. The van der Waals surface area contributed by atoms with E-state index in [1.807, 2.05) is 13.0 Å². The van der Waals surface area contributed by atoms with Crippen LogP contribution in [-0.2, 0) is 11.3 Å². The molecule has 0 saturated heterocycles. The number of guanidine groups is 1. The molecule has 0 bridgehead atoms. The van der Waals surface area contributed by atoms with Crippen molar-refractivity contribution in [3.63, 3.8) is 0 Å². The third-order valence-electron chi connectivity index (χ3n) is 4.86. The Kier molecular flexibility index (Phi) is 10.2. The number of nitrogens with one attached hydrogen (secondary N) is 2. The minimum absolute atomic E-state index is 0. The molecular formula is C19H31FIN3O2. The van der Waals surface area contributed by atoms with Crippen LogP contribution < -0.4 is 15.4 Å². The molecule has 1 saturated carbocycles. The fourth-order valence-corrected chi connectivity index (χ4v) is 3.10. The summed E-state index contributed by atoms with van der Waals surface area (Å²) in [5.74, 6) is 0.659. The summed E-state index contributed by atoms with van der Waals surface area (Å²) in [4.78, 5) is 4.58. The molecule has 0 radical (unpaired) electrons. The van der Waals surface area contributed by atoms with Crippen LogP contribution in [-0.4, -0.2) is 39.9 Å². The lowest BCUT2D eigenvalue weighted by Gasteiger charge is -2.42. The molecule has 1 fully saturated rings. The fraction of sp³-hybridized carbons (Fsp3) is 0.632. The van der Waals surface area contributed by atoms with Gasteiger partial charge in [0, 0.05) is 26.8 Å². The number of halogens is 2. The van der Waals surface area contributed by atoms with Gasteiger partial charge in [0.25, 0.3) is 0 Å². The summed E-state index contributed by atoms with van der Waals surface area (Å²) in [5, 5.41) is 6.70. The smallest absolute Gasteiger partial charge is 0.191 e. The zero-order valence-electron chi connectivity index (χ0n) is 15.9. The van der Waals surface area contributed by atoms with E-state index in [0.717, 1.165) is 37.6 Å². The molecule has 1 aromatic rings. The van der Waals surface area contributed by atoms with Crippen molar-refractivity contribution in [1.29, 1.82) is 0 Å². The number of methoxy groups -OCH3 is 2. The first-order valence-electron chi connectivity index (χ1n) is 8.96. The van der Waals surface area contributed by atoms with Crippen LogP contribution in [0.3, 0.4) is 0 Å². The van der Waals surface area contributed by atoms with Gasteiger partial charge in [0.05, 0.1) is 13.7 Å². The van der Waals surface area contributed by atoms with Gasteiger partial charge in [0.15, 0.2) is 17.5 Å². The molecule has 0 atom stereocenters. The molecule has 0 aliphatic heterocycles. The number of nitrogens with zero attached hydrogens (tertiary/aromatic N) is 1. The van der Waals surface area contributed by atoms with E-state index in [4.69, 9.17) is 9.47 Å². The van der Waals surface area contributed by atoms with Crippen LogP contribution in [0.4, 0.5) is 4.39 Å². The van der Waals surface area contributed by atoms with Crippen LogP contribution >= 0.6 is 24.0 Å². The Labute approximate surface area is 173 Å². The van der Waals surface area contributed by atoms with Crippen LogP contribution in [0.15, 0.2) is 23.2 Å². The van der Waals surface area contributed by atoms with Crippen LogP contribution in [0.5, 0.6) is 5.75 Å². The lowest BCUT2D eigenvalue weighted by Crippen LogP contribution is -2.46. The Morgan fingerprint density at radius 2 is 2.04 bits per heavy atom. The Bertz CT molecular complexity index is 580. The quantitative estimate of drug-likeness (QED) is 0.322. The average molecular weight is 479 g/mol. The lowest BCUT2D eigenvalue weighted by molar-refractivity contribution is 0.0732. The number of ether oxygens (including phenoxy) is 2. The summed E-state index contributed by atoms with van der Waals surface area (Å²) in [6.07, 6.45) is 4.81. The standard InChI is InChI=1S/C19H30FN3O2.HI/c1-4-21-18(23-14-19(8-5-9-19)10-11-24-2)22-13-15-6-7-17(25-3)16(20)12-15;/h6-7,12H,4-5,8-11,13-14H2,1-3H3,(H2,21,22,23);1H. The summed E-state index contributed by atoms with van der Waals surface area (Å²) >= 11 is 0. The molecule has 0 spiro atoms. The van der Waals surface area contributed by atoms with Crippen molar-refractivity contribution in [3.05, 3.63) is 29.6 Å². The van der Waals surface area contributed by atoms with E-state index in [1.165, 1.54) is 32.4 Å². The number of aliphatic imine (C=N–C) groups is 1. The summed E-state index contributed by atoms with van der Waals surface area (Å²) in [6, 6.07) is 4.94. The van der Waals surface area contributed by atoms with Crippen molar-refractivity contribution < 1.29 is 13.9 Å². The SMILES string of the molecule is CCNC(=NCc1ccc(OC)c(F)c1)NCC1(CCOC)CCC1.I. The van der Waals surface area contributed by atoms with Crippen molar-refractivity contribution in [2.24, 2.45) is 10.4 Å². The molecular weight excluding hydrogens is 448 g/mol. The van der Waals surface area contributed by atoms with Crippen molar-refractivity contribution >= 4 is 29.9 Å². The molecule has 0 amide bonds. The van der Waals surface area contributed by atoms with E-state index in [9.17, 15) is 4.39 Å². The molecule has 2 rings (SSSR count). The molecule has 1 aliphatic rings. The highest BCUT2D eigenvalue weighted by Crippen LogP contribution is 2.43. The second-order valence-electron chi connectivity index (χ2n) is 6.61. The molecule has 5 nitrogen and oxygen atoms in total. The Hall–Kier alpha value is -1.09. The number of rotatable bonds is 9. The maximum Gasteiger partial charge on any atom is 0.191 e. The van der Waals surface area contributed by atoms with Crippen LogP contribution in [0.25, 0.3) is 0 Å². The fourth-order valence-electron chi connectivity index (χ4n) is 3.10. The predicted molar refractivity (Wildman–Crippen MR) is 114 cm³/mol. The molecule has 0 unspecified atom stereocenters. The zero-order chi connectivity index (χ0) is 18.1. The highest BCUT2D eigenvalue weighted by Gasteiger charge is 2.36.